The minimum Gasteiger partial charge on any atom is -0.381 e. The fourth-order valence-electron chi connectivity index (χ4n) is 2.05. The quantitative estimate of drug-likeness (QED) is 0.851. The summed E-state index contributed by atoms with van der Waals surface area (Å²) < 4.78 is 31.1. The minimum atomic E-state index is -3.69. The second-order valence-corrected chi connectivity index (χ2v) is 6.12. The zero-order valence-corrected chi connectivity index (χ0v) is 10.9. The Bertz CT molecular complexity index is 558. The van der Waals surface area contributed by atoms with Crippen LogP contribution in [0.2, 0.25) is 0 Å². The molecule has 0 bridgehead atoms. The van der Waals surface area contributed by atoms with Crippen LogP contribution in [0.15, 0.2) is 28.2 Å². The standard InChI is InChI=1S/C11H16N2O4S/c1-17-9-3-6-13(7-4-9)18(15,16)11-8-12-5-2-10(11)14/h2,5,8-9H,3-4,6-7H2,1H3,(H,12,14). The summed E-state index contributed by atoms with van der Waals surface area (Å²) >= 11 is 0. The van der Waals surface area contributed by atoms with Crippen LogP contribution in [0.4, 0.5) is 0 Å². The lowest BCUT2D eigenvalue weighted by Crippen LogP contribution is -2.41. The molecule has 0 atom stereocenters. The lowest BCUT2D eigenvalue weighted by atomic mass is 10.1. The third kappa shape index (κ3) is 2.47. The number of aromatic amines is 1. The van der Waals surface area contributed by atoms with E-state index >= 15 is 0 Å². The van der Waals surface area contributed by atoms with Gasteiger partial charge in [-0.2, -0.15) is 4.31 Å². The van der Waals surface area contributed by atoms with Gasteiger partial charge in [0.1, 0.15) is 4.90 Å². The summed E-state index contributed by atoms with van der Waals surface area (Å²) in [6.07, 6.45) is 4.06. The molecule has 0 aromatic carbocycles. The van der Waals surface area contributed by atoms with Crippen molar-refractivity contribution in [2.24, 2.45) is 0 Å². The molecule has 18 heavy (non-hydrogen) atoms. The van der Waals surface area contributed by atoms with Gasteiger partial charge in [-0.05, 0) is 12.8 Å². The highest BCUT2D eigenvalue weighted by molar-refractivity contribution is 7.89. The van der Waals surface area contributed by atoms with Gasteiger partial charge in [-0.15, -0.1) is 0 Å². The van der Waals surface area contributed by atoms with Crippen LogP contribution in [0.3, 0.4) is 0 Å². The summed E-state index contributed by atoms with van der Waals surface area (Å²) in [6, 6.07) is 1.22. The number of piperidine rings is 1. The van der Waals surface area contributed by atoms with Crippen LogP contribution >= 0.6 is 0 Å². The van der Waals surface area contributed by atoms with E-state index in [-0.39, 0.29) is 11.0 Å². The Balaban J connectivity index is 2.23. The lowest BCUT2D eigenvalue weighted by molar-refractivity contribution is 0.0604. The highest BCUT2D eigenvalue weighted by Crippen LogP contribution is 2.19. The zero-order valence-electron chi connectivity index (χ0n) is 10.1. The highest BCUT2D eigenvalue weighted by atomic mass is 32.2. The molecule has 2 rings (SSSR count). The molecule has 1 aliphatic rings. The van der Waals surface area contributed by atoms with Crippen molar-refractivity contribution < 1.29 is 13.2 Å². The third-order valence-electron chi connectivity index (χ3n) is 3.14. The normalized spacial score (nSPS) is 18.9. The number of hydrogen-bond donors (Lipinski definition) is 1. The summed E-state index contributed by atoms with van der Waals surface area (Å²) in [5.74, 6) is 0. The molecule has 1 fully saturated rings. The summed E-state index contributed by atoms with van der Waals surface area (Å²) in [5.41, 5.74) is -0.484. The number of nitrogens with one attached hydrogen (secondary N) is 1. The molecule has 100 valence electrons. The summed E-state index contributed by atoms with van der Waals surface area (Å²) in [5, 5.41) is 0. The summed E-state index contributed by atoms with van der Waals surface area (Å²) in [4.78, 5) is 14.0. The molecule has 2 heterocycles. The topological polar surface area (TPSA) is 79.5 Å². The molecule has 6 nitrogen and oxygen atoms in total. The van der Waals surface area contributed by atoms with Crippen molar-refractivity contribution in [3.05, 3.63) is 28.7 Å². The van der Waals surface area contributed by atoms with Crippen molar-refractivity contribution in [3.63, 3.8) is 0 Å². The van der Waals surface area contributed by atoms with E-state index in [0.717, 1.165) is 0 Å². The van der Waals surface area contributed by atoms with Gasteiger partial charge in [0.05, 0.1) is 6.10 Å². The van der Waals surface area contributed by atoms with E-state index < -0.39 is 15.5 Å². The van der Waals surface area contributed by atoms with Gasteiger partial charge in [-0.3, -0.25) is 4.79 Å². The number of ether oxygens (including phenoxy) is 1. The number of nitrogens with zero attached hydrogens (tertiary/aromatic N) is 1. The van der Waals surface area contributed by atoms with Crippen molar-refractivity contribution in [1.82, 2.24) is 9.29 Å². The van der Waals surface area contributed by atoms with Gasteiger partial charge in [-0.1, -0.05) is 0 Å². The van der Waals surface area contributed by atoms with Crippen molar-refractivity contribution in [3.8, 4) is 0 Å². The van der Waals surface area contributed by atoms with E-state index in [4.69, 9.17) is 4.74 Å². The molecule has 1 aromatic rings. The maximum atomic E-state index is 12.3. The lowest BCUT2D eigenvalue weighted by Gasteiger charge is -2.30. The van der Waals surface area contributed by atoms with Gasteiger partial charge in [-0.25, -0.2) is 8.42 Å². The summed E-state index contributed by atoms with van der Waals surface area (Å²) in [7, 11) is -2.07. The molecular weight excluding hydrogens is 256 g/mol. The molecule has 1 aromatic heterocycles. The molecule has 1 aliphatic heterocycles. The number of aromatic nitrogens is 1. The Hall–Kier alpha value is -1.18. The van der Waals surface area contributed by atoms with Gasteiger partial charge >= 0.3 is 0 Å². The van der Waals surface area contributed by atoms with Crippen molar-refractivity contribution in [1.29, 1.82) is 0 Å². The Labute approximate surface area is 106 Å². The Morgan fingerprint density at radius 3 is 2.61 bits per heavy atom. The molecule has 0 aliphatic carbocycles. The van der Waals surface area contributed by atoms with Gasteiger partial charge < -0.3 is 9.72 Å². The predicted octanol–water partition coefficient (Wildman–Crippen LogP) is 0.174. The highest BCUT2D eigenvalue weighted by Gasteiger charge is 2.30. The van der Waals surface area contributed by atoms with E-state index in [9.17, 15) is 13.2 Å². The van der Waals surface area contributed by atoms with E-state index in [1.54, 1.807) is 7.11 Å². The molecule has 7 heteroatoms. The molecule has 0 saturated carbocycles. The summed E-state index contributed by atoms with van der Waals surface area (Å²) in [6.45, 7) is 0.768. The number of sulfonamides is 1. The molecule has 1 saturated heterocycles. The van der Waals surface area contributed by atoms with Gasteiger partial charge in [0, 0.05) is 38.7 Å². The van der Waals surface area contributed by atoms with E-state index in [0.29, 0.717) is 25.9 Å². The first-order valence-corrected chi connectivity index (χ1v) is 7.20. The van der Waals surface area contributed by atoms with E-state index in [1.165, 1.54) is 22.8 Å². The van der Waals surface area contributed by atoms with Gasteiger partial charge in [0.2, 0.25) is 15.5 Å². The Kier molecular flexibility index (Phi) is 3.84. The second-order valence-electron chi connectivity index (χ2n) is 4.21. The van der Waals surface area contributed by atoms with Crippen LogP contribution < -0.4 is 5.43 Å². The number of pyridine rings is 1. The van der Waals surface area contributed by atoms with Crippen LogP contribution in [0.1, 0.15) is 12.8 Å². The first kappa shape index (κ1) is 13.3. The van der Waals surface area contributed by atoms with Crippen molar-refractivity contribution in [2.75, 3.05) is 20.2 Å². The van der Waals surface area contributed by atoms with Crippen LogP contribution in [0, 0.1) is 0 Å². The van der Waals surface area contributed by atoms with Crippen molar-refractivity contribution in [2.45, 2.75) is 23.8 Å². The maximum Gasteiger partial charge on any atom is 0.248 e. The van der Waals surface area contributed by atoms with Crippen LogP contribution in [0.25, 0.3) is 0 Å². The SMILES string of the molecule is COC1CCN(S(=O)(=O)c2c[nH]ccc2=O)CC1. The molecule has 0 spiro atoms. The van der Waals surface area contributed by atoms with Crippen LogP contribution in [-0.4, -0.2) is 44.0 Å². The fourth-order valence-corrected chi connectivity index (χ4v) is 3.56. The van der Waals surface area contributed by atoms with E-state index in [1.807, 2.05) is 0 Å². The molecule has 0 unspecified atom stereocenters. The van der Waals surface area contributed by atoms with Crippen LogP contribution in [0.5, 0.6) is 0 Å². The average Bonchev–Trinajstić information content (AvgIpc) is 2.39. The molecule has 0 amide bonds. The molecule has 1 N–H and O–H groups in total. The maximum absolute atomic E-state index is 12.3. The van der Waals surface area contributed by atoms with Crippen LogP contribution in [-0.2, 0) is 14.8 Å². The molecular formula is C11H16N2O4S. The predicted molar refractivity (Wildman–Crippen MR) is 65.9 cm³/mol. The first-order valence-electron chi connectivity index (χ1n) is 5.76. The first-order chi connectivity index (χ1) is 8.55. The van der Waals surface area contributed by atoms with Crippen molar-refractivity contribution >= 4 is 10.0 Å². The fraction of sp³-hybridized carbons (Fsp3) is 0.545. The second kappa shape index (κ2) is 5.21. The average molecular weight is 272 g/mol. The third-order valence-corrected chi connectivity index (χ3v) is 5.06. The zero-order chi connectivity index (χ0) is 13.2. The minimum absolute atomic E-state index is 0.102. The Morgan fingerprint density at radius 1 is 1.39 bits per heavy atom. The number of H-pyrrole nitrogens is 1. The largest absolute Gasteiger partial charge is 0.381 e. The number of hydrogen-bond acceptors (Lipinski definition) is 4. The Morgan fingerprint density at radius 2 is 2.06 bits per heavy atom. The molecule has 0 radical (unpaired) electrons. The number of rotatable bonds is 3. The monoisotopic (exact) mass is 272 g/mol. The number of methoxy groups -OCH3 is 1. The van der Waals surface area contributed by atoms with Gasteiger partial charge in [0.15, 0.2) is 0 Å². The smallest absolute Gasteiger partial charge is 0.248 e. The van der Waals surface area contributed by atoms with E-state index in [2.05, 4.69) is 4.98 Å². The van der Waals surface area contributed by atoms with Gasteiger partial charge in [0.25, 0.3) is 0 Å².